The van der Waals surface area contributed by atoms with Crippen molar-refractivity contribution in [3.05, 3.63) is 0 Å². The zero-order valence-corrected chi connectivity index (χ0v) is 15.9. The van der Waals surface area contributed by atoms with Crippen LogP contribution in [0.2, 0.25) is 0 Å². The summed E-state index contributed by atoms with van der Waals surface area (Å²) in [5.74, 6) is 3.32. The summed E-state index contributed by atoms with van der Waals surface area (Å²) in [7, 11) is 0. The van der Waals surface area contributed by atoms with E-state index in [0.717, 1.165) is 24.7 Å². The van der Waals surface area contributed by atoms with Gasteiger partial charge in [-0.1, -0.05) is 51.4 Å². The standard InChI is InChI=1S/C21H40O4/c22-12-20(13-23)10-18-5-1-16(2-6-18)9-17-3-7-19(8-4-17)11-21(14-24)15-25/h16-25H,1-15H2. The molecule has 0 saturated heterocycles. The van der Waals surface area contributed by atoms with E-state index in [0.29, 0.717) is 11.8 Å². The van der Waals surface area contributed by atoms with Gasteiger partial charge in [-0.3, -0.25) is 0 Å². The van der Waals surface area contributed by atoms with Crippen molar-refractivity contribution in [1.82, 2.24) is 0 Å². The molecule has 0 atom stereocenters. The molecule has 4 nitrogen and oxygen atoms in total. The molecule has 4 N–H and O–H groups in total. The molecule has 25 heavy (non-hydrogen) atoms. The van der Waals surface area contributed by atoms with E-state index in [2.05, 4.69) is 0 Å². The molecule has 0 radical (unpaired) electrons. The van der Waals surface area contributed by atoms with Crippen LogP contribution < -0.4 is 0 Å². The Morgan fingerprint density at radius 2 is 0.760 bits per heavy atom. The summed E-state index contributed by atoms with van der Waals surface area (Å²) in [6, 6.07) is 0. The van der Waals surface area contributed by atoms with Crippen LogP contribution in [0.3, 0.4) is 0 Å². The summed E-state index contributed by atoms with van der Waals surface area (Å²) in [5.41, 5.74) is 0. The van der Waals surface area contributed by atoms with E-state index in [4.69, 9.17) is 0 Å². The Morgan fingerprint density at radius 1 is 0.480 bits per heavy atom. The van der Waals surface area contributed by atoms with Crippen molar-refractivity contribution in [2.45, 2.75) is 70.6 Å². The Hall–Kier alpha value is -0.160. The molecule has 0 aromatic carbocycles. The lowest BCUT2D eigenvalue weighted by atomic mass is 9.71. The first-order valence-corrected chi connectivity index (χ1v) is 10.6. The zero-order valence-electron chi connectivity index (χ0n) is 15.9. The van der Waals surface area contributed by atoms with Gasteiger partial charge < -0.3 is 20.4 Å². The lowest BCUT2D eigenvalue weighted by Crippen LogP contribution is -2.24. The minimum atomic E-state index is 0.0819. The van der Waals surface area contributed by atoms with Gasteiger partial charge in [0.1, 0.15) is 0 Å². The topological polar surface area (TPSA) is 80.9 Å². The predicted octanol–water partition coefficient (Wildman–Crippen LogP) is 2.97. The van der Waals surface area contributed by atoms with Crippen LogP contribution in [-0.2, 0) is 0 Å². The number of hydrogen-bond donors (Lipinski definition) is 4. The van der Waals surface area contributed by atoms with E-state index in [1.54, 1.807) is 0 Å². The summed E-state index contributed by atoms with van der Waals surface area (Å²) in [4.78, 5) is 0. The maximum absolute atomic E-state index is 9.24. The summed E-state index contributed by atoms with van der Waals surface area (Å²) < 4.78 is 0. The molecule has 2 saturated carbocycles. The van der Waals surface area contributed by atoms with Crippen molar-refractivity contribution in [3.63, 3.8) is 0 Å². The number of aliphatic hydroxyl groups excluding tert-OH is 4. The third kappa shape index (κ3) is 7.16. The highest BCUT2D eigenvalue weighted by molar-refractivity contribution is 4.80. The van der Waals surface area contributed by atoms with Gasteiger partial charge in [0.2, 0.25) is 0 Å². The molecule has 0 heterocycles. The SMILES string of the molecule is OCC(CO)CC1CCC(CC2CCC(CC(CO)CO)CC2)CC1. The number of hydrogen-bond acceptors (Lipinski definition) is 4. The van der Waals surface area contributed by atoms with Crippen molar-refractivity contribution in [1.29, 1.82) is 0 Å². The fraction of sp³-hybridized carbons (Fsp3) is 1.00. The van der Waals surface area contributed by atoms with E-state index in [1.807, 2.05) is 0 Å². The monoisotopic (exact) mass is 356 g/mol. The van der Waals surface area contributed by atoms with Crippen molar-refractivity contribution in [2.75, 3.05) is 26.4 Å². The molecule has 0 bridgehead atoms. The summed E-state index contributed by atoms with van der Waals surface area (Å²) in [6.07, 6.45) is 13.7. The van der Waals surface area contributed by atoms with Crippen LogP contribution in [0.25, 0.3) is 0 Å². The third-order valence-corrected chi connectivity index (χ3v) is 6.97. The molecule has 0 unspecified atom stereocenters. The average Bonchev–Trinajstić information content (AvgIpc) is 2.66. The lowest BCUT2D eigenvalue weighted by molar-refractivity contribution is 0.106. The van der Waals surface area contributed by atoms with Crippen LogP contribution in [0.5, 0.6) is 0 Å². The molecule has 0 aromatic heterocycles. The quantitative estimate of drug-likeness (QED) is 0.485. The van der Waals surface area contributed by atoms with Crippen LogP contribution in [0.15, 0.2) is 0 Å². The van der Waals surface area contributed by atoms with Gasteiger partial charge in [-0.25, -0.2) is 0 Å². The minimum absolute atomic E-state index is 0.0819. The van der Waals surface area contributed by atoms with Gasteiger partial charge in [0.25, 0.3) is 0 Å². The highest BCUT2D eigenvalue weighted by atomic mass is 16.3. The predicted molar refractivity (Wildman–Crippen MR) is 100 cm³/mol. The first-order chi connectivity index (χ1) is 12.2. The second-order valence-electron chi connectivity index (χ2n) is 8.94. The fourth-order valence-electron chi connectivity index (χ4n) is 5.23. The highest BCUT2D eigenvalue weighted by Gasteiger charge is 2.28. The molecular weight excluding hydrogens is 316 g/mol. The first-order valence-electron chi connectivity index (χ1n) is 10.6. The molecule has 0 amide bonds. The Morgan fingerprint density at radius 3 is 1.04 bits per heavy atom. The van der Waals surface area contributed by atoms with Gasteiger partial charge in [0.15, 0.2) is 0 Å². The largest absolute Gasteiger partial charge is 0.396 e. The highest BCUT2D eigenvalue weighted by Crippen LogP contribution is 2.40. The Kier molecular flexibility index (Phi) is 9.75. The van der Waals surface area contributed by atoms with E-state index < -0.39 is 0 Å². The molecule has 0 spiro atoms. The smallest absolute Gasteiger partial charge is 0.0481 e. The van der Waals surface area contributed by atoms with Crippen LogP contribution in [0.4, 0.5) is 0 Å². The van der Waals surface area contributed by atoms with Crippen molar-refractivity contribution in [3.8, 4) is 0 Å². The molecule has 2 rings (SSSR count). The van der Waals surface area contributed by atoms with Gasteiger partial charge in [-0.2, -0.15) is 0 Å². The van der Waals surface area contributed by atoms with Crippen molar-refractivity contribution in [2.24, 2.45) is 35.5 Å². The van der Waals surface area contributed by atoms with Crippen LogP contribution in [0.1, 0.15) is 70.6 Å². The van der Waals surface area contributed by atoms with E-state index >= 15 is 0 Å². The maximum Gasteiger partial charge on any atom is 0.0481 e. The fourth-order valence-corrected chi connectivity index (χ4v) is 5.23. The van der Waals surface area contributed by atoms with E-state index in [1.165, 1.54) is 57.8 Å². The minimum Gasteiger partial charge on any atom is -0.396 e. The molecule has 2 fully saturated rings. The summed E-state index contributed by atoms with van der Waals surface area (Å²) in [5, 5.41) is 37.0. The average molecular weight is 357 g/mol. The summed E-state index contributed by atoms with van der Waals surface area (Å²) in [6.45, 7) is 0.473. The third-order valence-electron chi connectivity index (χ3n) is 6.97. The summed E-state index contributed by atoms with van der Waals surface area (Å²) >= 11 is 0. The molecule has 2 aliphatic rings. The first kappa shape index (κ1) is 21.1. The second kappa shape index (κ2) is 11.5. The van der Waals surface area contributed by atoms with Gasteiger partial charge in [0.05, 0.1) is 0 Å². The Labute approximate surface area is 153 Å². The van der Waals surface area contributed by atoms with Crippen molar-refractivity contribution >= 4 is 0 Å². The lowest BCUT2D eigenvalue weighted by Gasteiger charge is -2.35. The Bertz CT molecular complexity index is 293. The molecule has 4 heteroatoms. The van der Waals surface area contributed by atoms with Gasteiger partial charge in [-0.15, -0.1) is 0 Å². The van der Waals surface area contributed by atoms with Crippen molar-refractivity contribution < 1.29 is 20.4 Å². The maximum atomic E-state index is 9.24. The molecule has 148 valence electrons. The van der Waals surface area contributed by atoms with Gasteiger partial charge in [-0.05, 0) is 42.9 Å². The van der Waals surface area contributed by atoms with Crippen LogP contribution in [0, 0.1) is 35.5 Å². The van der Waals surface area contributed by atoms with Crippen LogP contribution in [-0.4, -0.2) is 46.9 Å². The number of rotatable bonds is 10. The molecule has 0 aliphatic heterocycles. The van der Waals surface area contributed by atoms with Gasteiger partial charge in [0, 0.05) is 38.3 Å². The second-order valence-corrected chi connectivity index (χ2v) is 8.94. The zero-order chi connectivity index (χ0) is 18.1. The van der Waals surface area contributed by atoms with E-state index in [9.17, 15) is 20.4 Å². The normalized spacial score (nSPS) is 31.0. The van der Waals surface area contributed by atoms with E-state index in [-0.39, 0.29) is 38.3 Å². The number of aliphatic hydroxyl groups is 4. The van der Waals surface area contributed by atoms with Crippen LogP contribution >= 0.6 is 0 Å². The molecule has 0 aromatic rings. The molecule has 2 aliphatic carbocycles. The Balaban J connectivity index is 1.61. The molecular formula is C21H40O4. The van der Waals surface area contributed by atoms with Gasteiger partial charge >= 0.3 is 0 Å².